The predicted molar refractivity (Wildman–Crippen MR) is 56.5 cm³/mol. The van der Waals surface area contributed by atoms with E-state index in [1.807, 2.05) is 29.2 Å². The van der Waals surface area contributed by atoms with E-state index >= 15 is 0 Å². The molecule has 4 nitrogen and oxygen atoms in total. The average Bonchev–Trinajstić information content (AvgIpc) is 2.27. The number of rotatable bonds is 0. The first kappa shape index (κ1) is 9.54. The standard InChI is InChI=1S/C12H11N2O2/c15-11-7-14-6-9-4-2-1-3-8(9)5-10(14)12(16)13-11/h1-4,10H,5-7H2. The van der Waals surface area contributed by atoms with Crippen LogP contribution in [-0.2, 0) is 22.6 Å². The Kier molecular flexibility index (Phi) is 2.04. The normalized spacial score (nSPS) is 24.6. The molecule has 2 aliphatic rings. The second-order valence-corrected chi connectivity index (χ2v) is 4.24. The van der Waals surface area contributed by atoms with Gasteiger partial charge in [-0.25, -0.2) is 0 Å². The molecule has 81 valence electrons. The van der Waals surface area contributed by atoms with Gasteiger partial charge in [-0.1, -0.05) is 24.3 Å². The molecule has 1 aromatic carbocycles. The molecule has 0 aliphatic carbocycles. The van der Waals surface area contributed by atoms with E-state index in [2.05, 4.69) is 5.32 Å². The summed E-state index contributed by atoms with van der Waals surface area (Å²) in [6.45, 7) is 0.943. The summed E-state index contributed by atoms with van der Waals surface area (Å²) in [5, 5.41) is 3.52. The zero-order chi connectivity index (χ0) is 11.1. The van der Waals surface area contributed by atoms with E-state index in [0.29, 0.717) is 13.0 Å². The van der Waals surface area contributed by atoms with Gasteiger partial charge in [0.05, 0.1) is 12.6 Å². The topological polar surface area (TPSA) is 51.5 Å². The zero-order valence-corrected chi connectivity index (χ0v) is 8.72. The van der Waals surface area contributed by atoms with Gasteiger partial charge in [0.25, 0.3) is 11.8 Å². The van der Waals surface area contributed by atoms with Crippen LogP contribution in [0.5, 0.6) is 0 Å². The molecule has 0 saturated carbocycles. The number of carbonyl (C=O) groups excluding carboxylic acids is 2. The van der Waals surface area contributed by atoms with Crippen molar-refractivity contribution in [3.05, 3.63) is 35.4 Å². The van der Waals surface area contributed by atoms with Crippen LogP contribution in [0.2, 0.25) is 0 Å². The number of hydrogen-bond donors (Lipinski definition) is 0. The van der Waals surface area contributed by atoms with E-state index in [1.165, 1.54) is 11.1 Å². The van der Waals surface area contributed by atoms with Gasteiger partial charge >= 0.3 is 0 Å². The number of benzene rings is 1. The van der Waals surface area contributed by atoms with Crippen molar-refractivity contribution in [2.45, 2.75) is 19.0 Å². The van der Waals surface area contributed by atoms with Crippen molar-refractivity contribution < 1.29 is 9.59 Å². The highest BCUT2D eigenvalue weighted by molar-refractivity contribution is 6.00. The highest BCUT2D eigenvalue weighted by Gasteiger charge is 2.38. The summed E-state index contributed by atoms with van der Waals surface area (Å²) in [5.74, 6) is -0.605. The van der Waals surface area contributed by atoms with Crippen LogP contribution in [0.3, 0.4) is 0 Å². The minimum Gasteiger partial charge on any atom is -0.278 e. The van der Waals surface area contributed by atoms with E-state index in [-0.39, 0.29) is 24.4 Å². The first-order valence-electron chi connectivity index (χ1n) is 5.33. The fourth-order valence-corrected chi connectivity index (χ4v) is 2.39. The molecule has 1 saturated heterocycles. The highest BCUT2D eigenvalue weighted by Crippen LogP contribution is 2.24. The molecule has 2 heterocycles. The molecule has 3 rings (SSSR count). The first-order chi connectivity index (χ1) is 7.74. The van der Waals surface area contributed by atoms with Crippen LogP contribution < -0.4 is 5.32 Å². The molecule has 1 atom stereocenters. The highest BCUT2D eigenvalue weighted by atomic mass is 16.2. The van der Waals surface area contributed by atoms with E-state index < -0.39 is 0 Å². The summed E-state index contributed by atoms with van der Waals surface area (Å²) in [5.41, 5.74) is 2.41. The Morgan fingerprint density at radius 3 is 2.69 bits per heavy atom. The van der Waals surface area contributed by atoms with Gasteiger partial charge in [0, 0.05) is 6.54 Å². The molecule has 1 unspecified atom stereocenters. The summed E-state index contributed by atoms with van der Waals surface area (Å²) in [4.78, 5) is 24.7. The minimum atomic E-state index is -0.319. The molecule has 0 bridgehead atoms. The molecule has 2 aliphatic heterocycles. The van der Waals surface area contributed by atoms with Crippen molar-refractivity contribution in [2.24, 2.45) is 0 Å². The van der Waals surface area contributed by atoms with Crippen molar-refractivity contribution in [2.75, 3.05) is 6.54 Å². The van der Waals surface area contributed by atoms with Crippen molar-refractivity contribution in [1.82, 2.24) is 10.2 Å². The van der Waals surface area contributed by atoms with Crippen molar-refractivity contribution in [3.63, 3.8) is 0 Å². The fraction of sp³-hybridized carbons (Fsp3) is 0.333. The SMILES string of the molecule is O=C1CN2Cc3ccccc3CC2C(=O)[N]1. The van der Waals surface area contributed by atoms with E-state index in [4.69, 9.17) is 0 Å². The Bertz CT molecular complexity index is 470. The van der Waals surface area contributed by atoms with Crippen LogP contribution >= 0.6 is 0 Å². The lowest BCUT2D eigenvalue weighted by atomic mass is 9.92. The molecule has 4 heteroatoms. The Morgan fingerprint density at radius 1 is 1.12 bits per heavy atom. The summed E-state index contributed by atoms with van der Waals surface area (Å²) in [7, 11) is 0. The number of hydrogen-bond acceptors (Lipinski definition) is 3. The Labute approximate surface area is 93.2 Å². The summed E-state index contributed by atoms with van der Waals surface area (Å²) >= 11 is 0. The van der Waals surface area contributed by atoms with Crippen LogP contribution in [0.15, 0.2) is 24.3 Å². The number of fused-ring (bicyclic) bond motifs is 2. The van der Waals surface area contributed by atoms with Gasteiger partial charge in [-0.05, 0) is 17.5 Å². The molecule has 0 spiro atoms. The third-order valence-electron chi connectivity index (χ3n) is 3.20. The molecular weight excluding hydrogens is 204 g/mol. The van der Waals surface area contributed by atoms with Gasteiger partial charge in [0.2, 0.25) is 0 Å². The second-order valence-electron chi connectivity index (χ2n) is 4.24. The third kappa shape index (κ3) is 1.42. The van der Waals surface area contributed by atoms with Crippen molar-refractivity contribution in [3.8, 4) is 0 Å². The van der Waals surface area contributed by atoms with Gasteiger partial charge in [0.15, 0.2) is 0 Å². The van der Waals surface area contributed by atoms with Gasteiger partial charge in [-0.15, -0.1) is 0 Å². The van der Waals surface area contributed by atoms with E-state index in [9.17, 15) is 9.59 Å². The molecule has 1 fully saturated rings. The number of amides is 2. The monoisotopic (exact) mass is 215 g/mol. The smallest absolute Gasteiger partial charge is 0.266 e. The largest absolute Gasteiger partial charge is 0.278 e. The lowest BCUT2D eigenvalue weighted by molar-refractivity contribution is -0.141. The van der Waals surface area contributed by atoms with Gasteiger partial charge in [-0.3, -0.25) is 14.5 Å². The lowest BCUT2D eigenvalue weighted by Gasteiger charge is -2.37. The molecule has 0 aromatic heterocycles. The molecule has 16 heavy (non-hydrogen) atoms. The van der Waals surface area contributed by atoms with Crippen molar-refractivity contribution in [1.29, 1.82) is 0 Å². The van der Waals surface area contributed by atoms with Gasteiger partial charge < -0.3 is 0 Å². The maximum absolute atomic E-state index is 11.6. The number of carbonyl (C=O) groups is 2. The second kappa shape index (κ2) is 3.42. The summed E-state index contributed by atoms with van der Waals surface area (Å²) < 4.78 is 0. The Hall–Kier alpha value is -1.68. The maximum Gasteiger partial charge on any atom is 0.266 e. The molecule has 0 N–H and O–H groups in total. The maximum atomic E-state index is 11.6. The van der Waals surface area contributed by atoms with Crippen LogP contribution in [0.4, 0.5) is 0 Å². The predicted octanol–water partition coefficient (Wildman–Crippen LogP) is 0.0845. The summed E-state index contributed by atoms with van der Waals surface area (Å²) in [6, 6.07) is 7.82. The lowest BCUT2D eigenvalue weighted by Crippen LogP contribution is -2.57. The van der Waals surface area contributed by atoms with Gasteiger partial charge in [0.1, 0.15) is 0 Å². The number of piperazine rings is 1. The van der Waals surface area contributed by atoms with Crippen LogP contribution in [0, 0.1) is 0 Å². The zero-order valence-electron chi connectivity index (χ0n) is 8.72. The Morgan fingerprint density at radius 2 is 1.88 bits per heavy atom. The summed E-state index contributed by atoms with van der Waals surface area (Å²) in [6.07, 6.45) is 0.672. The van der Waals surface area contributed by atoms with Crippen LogP contribution in [0.1, 0.15) is 11.1 Å². The average molecular weight is 215 g/mol. The fourth-order valence-electron chi connectivity index (χ4n) is 2.39. The molecular formula is C12H11N2O2. The molecule has 1 radical (unpaired) electrons. The molecule has 1 aromatic rings. The number of nitrogens with zero attached hydrogens (tertiary/aromatic N) is 2. The Balaban J connectivity index is 1.96. The van der Waals surface area contributed by atoms with Crippen LogP contribution in [-0.4, -0.2) is 29.3 Å². The van der Waals surface area contributed by atoms with E-state index in [0.717, 1.165) is 0 Å². The quantitative estimate of drug-likeness (QED) is 0.576. The third-order valence-corrected chi connectivity index (χ3v) is 3.20. The van der Waals surface area contributed by atoms with Crippen LogP contribution in [0.25, 0.3) is 0 Å². The van der Waals surface area contributed by atoms with Crippen molar-refractivity contribution >= 4 is 11.8 Å². The number of imide groups is 1. The minimum absolute atomic E-state index is 0.229. The van der Waals surface area contributed by atoms with Gasteiger partial charge in [-0.2, -0.15) is 5.32 Å². The van der Waals surface area contributed by atoms with E-state index in [1.54, 1.807) is 0 Å². The first-order valence-corrected chi connectivity index (χ1v) is 5.33. The molecule has 2 amide bonds.